The fraction of sp³-hybridized carbons (Fsp3) is 0.458. The molecule has 3 aromatic heterocycles. The second-order valence-corrected chi connectivity index (χ2v) is 9.14. The number of nitrogens with one attached hydrogen (secondary N) is 1. The van der Waals surface area contributed by atoms with Gasteiger partial charge in [0.25, 0.3) is 12.3 Å². The topological polar surface area (TPSA) is 77.8 Å². The Bertz CT molecular complexity index is 1210. The molecule has 0 aromatic carbocycles. The zero-order valence-electron chi connectivity index (χ0n) is 17.9. The molecule has 1 amide bonds. The van der Waals surface area contributed by atoms with Gasteiger partial charge < -0.3 is 19.2 Å². The third-order valence-electron chi connectivity index (χ3n) is 6.73. The van der Waals surface area contributed by atoms with Gasteiger partial charge in [0.1, 0.15) is 22.9 Å². The van der Waals surface area contributed by atoms with E-state index >= 15 is 0 Å². The summed E-state index contributed by atoms with van der Waals surface area (Å²) in [5.74, 6) is 0.771. The van der Waals surface area contributed by atoms with Gasteiger partial charge in [0.15, 0.2) is 0 Å². The Morgan fingerprint density at radius 3 is 2.82 bits per heavy atom. The normalized spacial score (nSPS) is 24.0. The second kappa shape index (κ2) is 8.06. The van der Waals surface area contributed by atoms with Crippen molar-refractivity contribution in [3.8, 4) is 5.75 Å². The molecule has 1 saturated carbocycles. The highest BCUT2D eigenvalue weighted by molar-refractivity contribution is 6.05. The first kappa shape index (κ1) is 20.5. The summed E-state index contributed by atoms with van der Waals surface area (Å²) in [4.78, 5) is 21.7. The minimum Gasteiger partial charge on any atom is -0.492 e. The number of rotatable bonds is 7. The van der Waals surface area contributed by atoms with Crippen LogP contribution in [0.5, 0.6) is 5.75 Å². The molecule has 2 aliphatic heterocycles. The van der Waals surface area contributed by atoms with Crippen LogP contribution in [0.25, 0.3) is 5.65 Å². The van der Waals surface area contributed by atoms with Crippen LogP contribution in [0.15, 0.2) is 36.7 Å². The molecule has 9 heteroatoms. The van der Waals surface area contributed by atoms with Gasteiger partial charge in [0, 0.05) is 30.3 Å². The molecule has 1 N–H and O–H groups in total. The van der Waals surface area contributed by atoms with E-state index in [4.69, 9.17) is 14.5 Å². The van der Waals surface area contributed by atoms with E-state index in [0.29, 0.717) is 41.5 Å². The molecule has 3 aliphatic rings. The summed E-state index contributed by atoms with van der Waals surface area (Å²) in [6.07, 6.45) is 6.79. The van der Waals surface area contributed by atoms with Gasteiger partial charge in [-0.25, -0.2) is 18.7 Å². The van der Waals surface area contributed by atoms with Crippen LogP contribution in [0.3, 0.4) is 0 Å². The van der Waals surface area contributed by atoms with Gasteiger partial charge in [-0.05, 0) is 44.2 Å². The molecule has 7 nitrogen and oxygen atoms in total. The standard InChI is InChI=1S/C24H24F2N4O3/c25-23(26)17-2-1-3-21(27-17)29-24(31)16-10-30-11-18(13-4-5-13)28-22(30)9-20(16)32-12-14-8-15-6-7-19(14)33-15/h1-3,9-11,13-15,19,23H,4-8,12H2,(H,27,29,31). The van der Waals surface area contributed by atoms with Crippen molar-refractivity contribution in [1.82, 2.24) is 14.4 Å². The minimum atomic E-state index is -2.71. The number of nitrogens with zero attached hydrogens (tertiary/aromatic N) is 3. The van der Waals surface area contributed by atoms with Crippen molar-refractivity contribution in [2.75, 3.05) is 11.9 Å². The maximum absolute atomic E-state index is 13.2. The Morgan fingerprint density at radius 1 is 1.21 bits per heavy atom. The van der Waals surface area contributed by atoms with Crippen LogP contribution >= 0.6 is 0 Å². The Morgan fingerprint density at radius 2 is 2.09 bits per heavy atom. The molecule has 2 bridgehead atoms. The number of hydrogen-bond donors (Lipinski definition) is 1. The molecular formula is C24H24F2N4O3. The van der Waals surface area contributed by atoms with E-state index in [2.05, 4.69) is 10.3 Å². The highest BCUT2D eigenvalue weighted by Gasteiger charge is 2.41. The largest absolute Gasteiger partial charge is 0.492 e. The zero-order valence-corrected chi connectivity index (χ0v) is 17.9. The fourth-order valence-electron chi connectivity index (χ4n) is 4.84. The molecule has 0 spiro atoms. The molecule has 5 heterocycles. The van der Waals surface area contributed by atoms with Crippen molar-refractivity contribution >= 4 is 17.4 Å². The molecule has 1 aliphatic carbocycles. The number of fused-ring (bicyclic) bond motifs is 3. The summed E-state index contributed by atoms with van der Waals surface area (Å²) >= 11 is 0. The van der Waals surface area contributed by atoms with Crippen LogP contribution in [-0.4, -0.2) is 39.1 Å². The Kier molecular flexibility index (Phi) is 5.01. The summed E-state index contributed by atoms with van der Waals surface area (Å²) in [6, 6.07) is 5.93. The number of halogens is 2. The number of pyridine rings is 2. The van der Waals surface area contributed by atoms with E-state index in [1.807, 2.05) is 10.6 Å². The number of amides is 1. The monoisotopic (exact) mass is 454 g/mol. The van der Waals surface area contributed by atoms with Gasteiger partial charge in [-0.15, -0.1) is 0 Å². The first-order chi connectivity index (χ1) is 16.0. The van der Waals surface area contributed by atoms with E-state index < -0.39 is 12.3 Å². The maximum Gasteiger partial charge on any atom is 0.280 e. The van der Waals surface area contributed by atoms with E-state index in [1.165, 1.54) is 18.2 Å². The number of alkyl halides is 2. The lowest BCUT2D eigenvalue weighted by Crippen LogP contribution is -2.24. The smallest absolute Gasteiger partial charge is 0.280 e. The Hall–Kier alpha value is -3.07. The van der Waals surface area contributed by atoms with Gasteiger partial charge in [-0.1, -0.05) is 6.07 Å². The van der Waals surface area contributed by atoms with Crippen molar-refractivity contribution in [3.63, 3.8) is 0 Å². The third-order valence-corrected chi connectivity index (χ3v) is 6.73. The predicted molar refractivity (Wildman–Crippen MR) is 116 cm³/mol. The van der Waals surface area contributed by atoms with Crippen LogP contribution in [-0.2, 0) is 4.74 Å². The summed E-state index contributed by atoms with van der Waals surface area (Å²) in [7, 11) is 0. The molecule has 33 heavy (non-hydrogen) atoms. The van der Waals surface area contributed by atoms with Crippen molar-refractivity contribution in [2.45, 2.75) is 56.7 Å². The van der Waals surface area contributed by atoms with E-state index in [9.17, 15) is 13.6 Å². The van der Waals surface area contributed by atoms with Crippen LogP contribution in [0.1, 0.15) is 66.2 Å². The van der Waals surface area contributed by atoms with Gasteiger partial charge in [0.2, 0.25) is 0 Å². The van der Waals surface area contributed by atoms with E-state index in [1.54, 1.807) is 12.3 Å². The van der Waals surface area contributed by atoms with Crippen molar-refractivity contribution in [3.05, 3.63) is 53.6 Å². The van der Waals surface area contributed by atoms with Crippen LogP contribution in [0.2, 0.25) is 0 Å². The summed E-state index contributed by atoms with van der Waals surface area (Å²) in [5.41, 5.74) is 1.63. The van der Waals surface area contributed by atoms with Gasteiger partial charge in [-0.3, -0.25) is 4.79 Å². The molecule has 2 saturated heterocycles. The first-order valence-electron chi connectivity index (χ1n) is 11.4. The quantitative estimate of drug-likeness (QED) is 0.558. The van der Waals surface area contributed by atoms with Crippen LogP contribution < -0.4 is 10.1 Å². The molecule has 3 atom stereocenters. The number of hydrogen-bond acceptors (Lipinski definition) is 5. The molecule has 6 rings (SSSR count). The molecule has 3 unspecified atom stereocenters. The SMILES string of the molecule is O=C(Nc1cccc(C(F)F)n1)c1cn2cc(C3CC3)nc2cc1OCC1CC2CCC1O2. The third kappa shape index (κ3) is 4.06. The minimum absolute atomic E-state index is 0.0645. The lowest BCUT2D eigenvalue weighted by atomic mass is 9.90. The summed E-state index contributed by atoms with van der Waals surface area (Å²) < 4.78 is 39.9. The molecule has 3 fully saturated rings. The number of anilines is 1. The highest BCUT2D eigenvalue weighted by Crippen LogP contribution is 2.41. The zero-order chi connectivity index (χ0) is 22.5. The molecule has 3 aromatic rings. The van der Waals surface area contributed by atoms with Crippen molar-refractivity contribution < 1.29 is 23.0 Å². The molecule has 0 radical (unpaired) electrons. The number of carbonyl (C=O) groups is 1. The highest BCUT2D eigenvalue weighted by atomic mass is 19.3. The molecular weight excluding hydrogens is 430 g/mol. The van der Waals surface area contributed by atoms with Crippen molar-refractivity contribution in [1.29, 1.82) is 0 Å². The number of carbonyl (C=O) groups excluding carboxylic acids is 1. The summed E-state index contributed by atoms with van der Waals surface area (Å²) in [5, 5.41) is 2.63. The first-order valence-corrected chi connectivity index (χ1v) is 11.4. The number of ether oxygens (including phenoxy) is 2. The number of aromatic nitrogens is 3. The van der Waals surface area contributed by atoms with Crippen molar-refractivity contribution in [2.24, 2.45) is 5.92 Å². The lowest BCUT2D eigenvalue weighted by molar-refractivity contribution is 0.0822. The van der Waals surface area contributed by atoms with Gasteiger partial charge in [-0.2, -0.15) is 0 Å². The summed E-state index contributed by atoms with van der Waals surface area (Å²) in [6.45, 7) is 0.451. The Balaban J connectivity index is 1.29. The predicted octanol–water partition coefficient (Wildman–Crippen LogP) is 4.74. The van der Waals surface area contributed by atoms with Gasteiger partial charge in [0.05, 0.1) is 30.1 Å². The molecule has 172 valence electrons. The Labute approximate surface area is 189 Å². The second-order valence-electron chi connectivity index (χ2n) is 9.14. The average molecular weight is 454 g/mol. The number of imidazole rings is 1. The van der Waals surface area contributed by atoms with Gasteiger partial charge >= 0.3 is 0 Å². The maximum atomic E-state index is 13.2. The van der Waals surface area contributed by atoms with Crippen LogP contribution in [0, 0.1) is 5.92 Å². The average Bonchev–Trinajstić information content (AvgIpc) is 3.24. The van der Waals surface area contributed by atoms with E-state index in [0.717, 1.165) is 37.8 Å². The fourth-order valence-corrected chi connectivity index (χ4v) is 4.84. The lowest BCUT2D eigenvalue weighted by Gasteiger charge is -2.20. The van der Waals surface area contributed by atoms with Crippen LogP contribution in [0.4, 0.5) is 14.6 Å². The van der Waals surface area contributed by atoms with E-state index in [-0.39, 0.29) is 17.6 Å².